The highest BCUT2D eigenvalue weighted by Gasteiger charge is 2.16. The summed E-state index contributed by atoms with van der Waals surface area (Å²) in [5.74, 6) is 0. The van der Waals surface area contributed by atoms with Crippen molar-refractivity contribution >= 4 is 0 Å². The molecule has 4 heteroatoms. The Bertz CT molecular complexity index is 586. The lowest BCUT2D eigenvalue weighted by molar-refractivity contribution is 0.559. The van der Waals surface area contributed by atoms with Gasteiger partial charge in [-0.1, -0.05) is 13.0 Å². The van der Waals surface area contributed by atoms with E-state index in [0.29, 0.717) is 0 Å². The Labute approximate surface area is 121 Å². The molecule has 0 spiro atoms. The van der Waals surface area contributed by atoms with Crippen molar-refractivity contribution in [2.24, 2.45) is 7.05 Å². The number of hydrogen-bond donors (Lipinski definition) is 1. The maximum absolute atomic E-state index is 4.48. The summed E-state index contributed by atoms with van der Waals surface area (Å²) in [4.78, 5) is 4.48. The second-order valence-electron chi connectivity index (χ2n) is 5.27. The first-order valence-corrected chi connectivity index (χ1v) is 7.20. The Kier molecular flexibility index (Phi) is 4.55. The number of hydrogen-bond acceptors (Lipinski definition) is 3. The zero-order valence-electron chi connectivity index (χ0n) is 13.1. The molecule has 2 rings (SSSR count). The zero-order chi connectivity index (χ0) is 14.7. The van der Waals surface area contributed by atoms with Crippen LogP contribution in [0.2, 0.25) is 0 Å². The lowest BCUT2D eigenvalue weighted by Crippen LogP contribution is -2.20. The molecule has 0 bridgehead atoms. The summed E-state index contributed by atoms with van der Waals surface area (Å²) < 4.78 is 1.95. The standard InChI is InChI=1S/C16H24N4/c1-6-14-8-7-9-17-15(14)10-18-11(2)16-12(3)19-20(5)13(16)4/h7-9,11,18H,6,10H2,1-5H3. The normalized spacial score (nSPS) is 12.7. The predicted molar refractivity (Wildman–Crippen MR) is 81.6 cm³/mol. The molecule has 1 unspecified atom stereocenters. The minimum Gasteiger partial charge on any atom is -0.304 e. The van der Waals surface area contributed by atoms with E-state index in [9.17, 15) is 0 Å². The van der Waals surface area contributed by atoms with Crippen molar-refractivity contribution in [1.29, 1.82) is 0 Å². The van der Waals surface area contributed by atoms with Crippen LogP contribution in [0.15, 0.2) is 18.3 Å². The van der Waals surface area contributed by atoms with Crippen LogP contribution in [-0.4, -0.2) is 14.8 Å². The van der Waals surface area contributed by atoms with Crippen molar-refractivity contribution in [2.45, 2.75) is 46.7 Å². The molecule has 0 aliphatic rings. The average molecular weight is 272 g/mol. The second kappa shape index (κ2) is 6.18. The molecule has 0 saturated heterocycles. The van der Waals surface area contributed by atoms with Gasteiger partial charge in [0, 0.05) is 37.1 Å². The minimum absolute atomic E-state index is 0.274. The van der Waals surface area contributed by atoms with Crippen molar-refractivity contribution in [3.8, 4) is 0 Å². The van der Waals surface area contributed by atoms with Crippen LogP contribution in [0.3, 0.4) is 0 Å². The van der Waals surface area contributed by atoms with E-state index in [1.165, 1.54) is 16.8 Å². The molecule has 4 nitrogen and oxygen atoms in total. The van der Waals surface area contributed by atoms with Crippen LogP contribution in [0.25, 0.3) is 0 Å². The lowest BCUT2D eigenvalue weighted by Gasteiger charge is -2.15. The third kappa shape index (κ3) is 2.90. The number of aromatic nitrogens is 3. The highest BCUT2D eigenvalue weighted by Crippen LogP contribution is 2.21. The molecule has 0 amide bonds. The first-order chi connectivity index (χ1) is 9.54. The number of aryl methyl sites for hydroxylation is 3. The molecule has 0 aliphatic heterocycles. The molecule has 1 atom stereocenters. The fraction of sp³-hybridized carbons (Fsp3) is 0.500. The van der Waals surface area contributed by atoms with Gasteiger partial charge in [0.2, 0.25) is 0 Å². The van der Waals surface area contributed by atoms with Gasteiger partial charge in [-0.05, 0) is 38.8 Å². The summed E-state index contributed by atoms with van der Waals surface area (Å²) in [5.41, 5.74) is 6.07. The van der Waals surface area contributed by atoms with E-state index in [1.807, 2.05) is 24.0 Å². The largest absolute Gasteiger partial charge is 0.304 e. The fourth-order valence-electron chi connectivity index (χ4n) is 2.72. The van der Waals surface area contributed by atoms with Crippen LogP contribution < -0.4 is 5.32 Å². The molecule has 0 aliphatic carbocycles. The monoisotopic (exact) mass is 272 g/mol. The van der Waals surface area contributed by atoms with Gasteiger partial charge in [0.25, 0.3) is 0 Å². The van der Waals surface area contributed by atoms with Gasteiger partial charge in [-0.25, -0.2) is 0 Å². The predicted octanol–water partition coefficient (Wildman–Crippen LogP) is 2.85. The summed E-state index contributed by atoms with van der Waals surface area (Å²) in [6.07, 6.45) is 2.88. The molecule has 1 N–H and O–H groups in total. The van der Waals surface area contributed by atoms with E-state index in [0.717, 1.165) is 24.4 Å². The summed E-state index contributed by atoms with van der Waals surface area (Å²) in [5, 5.41) is 8.05. The van der Waals surface area contributed by atoms with Crippen LogP contribution in [0.4, 0.5) is 0 Å². The zero-order valence-corrected chi connectivity index (χ0v) is 13.1. The quantitative estimate of drug-likeness (QED) is 0.910. The molecule has 2 aromatic heterocycles. The molecule has 20 heavy (non-hydrogen) atoms. The van der Waals surface area contributed by atoms with Crippen LogP contribution in [0, 0.1) is 13.8 Å². The fourth-order valence-corrected chi connectivity index (χ4v) is 2.72. The molecule has 0 radical (unpaired) electrons. The lowest BCUT2D eigenvalue weighted by atomic mass is 10.1. The van der Waals surface area contributed by atoms with Crippen LogP contribution in [-0.2, 0) is 20.0 Å². The van der Waals surface area contributed by atoms with Gasteiger partial charge in [0.05, 0.1) is 11.4 Å². The molecule has 0 fully saturated rings. The maximum Gasteiger partial charge on any atom is 0.0644 e. The smallest absolute Gasteiger partial charge is 0.0644 e. The van der Waals surface area contributed by atoms with Crippen molar-refractivity contribution in [1.82, 2.24) is 20.1 Å². The Hall–Kier alpha value is -1.68. The summed E-state index contributed by atoms with van der Waals surface area (Å²) >= 11 is 0. The van der Waals surface area contributed by atoms with Gasteiger partial charge in [-0.15, -0.1) is 0 Å². The van der Waals surface area contributed by atoms with Crippen molar-refractivity contribution in [2.75, 3.05) is 0 Å². The van der Waals surface area contributed by atoms with E-state index in [1.54, 1.807) is 0 Å². The summed E-state index contributed by atoms with van der Waals surface area (Å²) in [6.45, 7) is 9.33. The number of rotatable bonds is 5. The second-order valence-corrected chi connectivity index (χ2v) is 5.27. The van der Waals surface area contributed by atoms with E-state index < -0.39 is 0 Å². The molecule has 2 heterocycles. The molecule has 108 valence electrons. The minimum atomic E-state index is 0.274. The van der Waals surface area contributed by atoms with Gasteiger partial charge in [-0.3, -0.25) is 9.67 Å². The van der Waals surface area contributed by atoms with Crippen LogP contribution >= 0.6 is 0 Å². The summed E-state index contributed by atoms with van der Waals surface area (Å²) in [6, 6.07) is 4.42. The topological polar surface area (TPSA) is 42.7 Å². The van der Waals surface area contributed by atoms with E-state index >= 15 is 0 Å². The van der Waals surface area contributed by atoms with Gasteiger partial charge >= 0.3 is 0 Å². The molecule has 0 aromatic carbocycles. The molecule has 2 aromatic rings. The van der Waals surface area contributed by atoms with Gasteiger partial charge in [0.15, 0.2) is 0 Å². The third-order valence-corrected chi connectivity index (χ3v) is 3.94. The maximum atomic E-state index is 4.48. The van der Waals surface area contributed by atoms with Crippen molar-refractivity contribution in [3.63, 3.8) is 0 Å². The Morgan fingerprint density at radius 1 is 1.35 bits per heavy atom. The Balaban J connectivity index is 2.10. The number of nitrogens with one attached hydrogen (secondary N) is 1. The average Bonchev–Trinajstić information content (AvgIpc) is 2.70. The third-order valence-electron chi connectivity index (χ3n) is 3.94. The van der Waals surface area contributed by atoms with Crippen molar-refractivity contribution in [3.05, 3.63) is 46.5 Å². The van der Waals surface area contributed by atoms with Gasteiger partial charge in [-0.2, -0.15) is 5.10 Å². The van der Waals surface area contributed by atoms with Gasteiger partial charge < -0.3 is 5.32 Å². The molecular formula is C16H24N4. The first-order valence-electron chi connectivity index (χ1n) is 7.20. The summed E-state index contributed by atoms with van der Waals surface area (Å²) in [7, 11) is 1.99. The highest BCUT2D eigenvalue weighted by molar-refractivity contribution is 5.28. The van der Waals surface area contributed by atoms with E-state index in [2.05, 4.69) is 49.2 Å². The van der Waals surface area contributed by atoms with Crippen LogP contribution in [0.1, 0.15) is 48.1 Å². The highest BCUT2D eigenvalue weighted by atomic mass is 15.3. The van der Waals surface area contributed by atoms with Crippen LogP contribution in [0.5, 0.6) is 0 Å². The number of pyridine rings is 1. The Morgan fingerprint density at radius 3 is 2.70 bits per heavy atom. The van der Waals surface area contributed by atoms with E-state index in [4.69, 9.17) is 0 Å². The Morgan fingerprint density at radius 2 is 2.10 bits per heavy atom. The first kappa shape index (κ1) is 14.7. The van der Waals surface area contributed by atoms with Crippen molar-refractivity contribution < 1.29 is 0 Å². The SMILES string of the molecule is CCc1cccnc1CNC(C)c1c(C)nn(C)c1C. The molecule has 0 saturated carbocycles. The van der Waals surface area contributed by atoms with Gasteiger partial charge in [0.1, 0.15) is 0 Å². The van der Waals surface area contributed by atoms with E-state index in [-0.39, 0.29) is 6.04 Å². The number of nitrogens with zero attached hydrogens (tertiary/aromatic N) is 3. The molecular weight excluding hydrogens is 248 g/mol.